The summed E-state index contributed by atoms with van der Waals surface area (Å²) in [5, 5.41) is 2.70. The van der Waals surface area contributed by atoms with Crippen LogP contribution in [0, 0.1) is 0 Å². The molecule has 0 fully saturated rings. The molecule has 0 aliphatic heterocycles. The SMILES string of the molecule is CCCCCCC/C=C/C=C/C(=O)Nc1ccccn1. The van der Waals surface area contributed by atoms with Crippen LogP contribution in [0.15, 0.2) is 48.7 Å². The van der Waals surface area contributed by atoms with Gasteiger partial charge in [0, 0.05) is 12.3 Å². The average Bonchev–Trinajstić information content (AvgIpc) is 2.46. The Morgan fingerprint density at radius 2 is 2.05 bits per heavy atom. The molecule has 0 aliphatic carbocycles. The van der Waals surface area contributed by atoms with Crippen LogP contribution in [0.1, 0.15) is 45.4 Å². The molecular formula is C17H24N2O. The zero-order chi connectivity index (χ0) is 14.5. The molecule has 1 rings (SSSR count). The molecule has 0 saturated heterocycles. The van der Waals surface area contributed by atoms with Crippen LogP contribution in [0.3, 0.4) is 0 Å². The summed E-state index contributed by atoms with van der Waals surface area (Å²) in [6, 6.07) is 5.41. The average molecular weight is 272 g/mol. The minimum absolute atomic E-state index is 0.156. The first-order chi connectivity index (χ1) is 9.83. The number of anilines is 1. The highest BCUT2D eigenvalue weighted by Gasteiger charge is 1.95. The van der Waals surface area contributed by atoms with E-state index in [1.807, 2.05) is 18.2 Å². The van der Waals surface area contributed by atoms with E-state index in [2.05, 4.69) is 23.3 Å². The van der Waals surface area contributed by atoms with E-state index < -0.39 is 0 Å². The van der Waals surface area contributed by atoms with E-state index >= 15 is 0 Å². The summed E-state index contributed by atoms with van der Waals surface area (Å²) < 4.78 is 0. The quantitative estimate of drug-likeness (QED) is 0.409. The smallest absolute Gasteiger partial charge is 0.249 e. The number of nitrogens with one attached hydrogen (secondary N) is 1. The first-order valence-electron chi connectivity index (χ1n) is 7.38. The van der Waals surface area contributed by atoms with E-state index in [9.17, 15) is 4.79 Å². The van der Waals surface area contributed by atoms with Crippen molar-refractivity contribution in [2.24, 2.45) is 0 Å². The highest BCUT2D eigenvalue weighted by Crippen LogP contribution is 2.05. The maximum atomic E-state index is 11.5. The van der Waals surface area contributed by atoms with Crippen molar-refractivity contribution >= 4 is 11.7 Å². The molecule has 1 heterocycles. The second-order valence-corrected chi connectivity index (χ2v) is 4.69. The number of aromatic nitrogens is 1. The molecule has 0 bridgehead atoms. The molecular weight excluding hydrogens is 248 g/mol. The number of unbranched alkanes of at least 4 members (excludes halogenated alkanes) is 5. The number of hydrogen-bond acceptors (Lipinski definition) is 2. The molecule has 20 heavy (non-hydrogen) atoms. The molecule has 1 aromatic rings. The molecule has 3 heteroatoms. The van der Waals surface area contributed by atoms with Gasteiger partial charge in [0.2, 0.25) is 5.91 Å². The van der Waals surface area contributed by atoms with Gasteiger partial charge in [-0.1, -0.05) is 56.9 Å². The Morgan fingerprint density at radius 1 is 1.20 bits per heavy atom. The number of pyridine rings is 1. The zero-order valence-electron chi connectivity index (χ0n) is 12.2. The molecule has 1 amide bonds. The molecule has 108 valence electrons. The number of nitrogens with zero attached hydrogens (tertiary/aromatic N) is 1. The Bertz CT molecular complexity index is 424. The third kappa shape index (κ3) is 8.25. The number of rotatable bonds is 9. The fraction of sp³-hybridized carbons (Fsp3) is 0.412. The summed E-state index contributed by atoms with van der Waals surface area (Å²) in [5.74, 6) is 0.415. The number of carbonyl (C=O) groups excluding carboxylic acids is 1. The van der Waals surface area contributed by atoms with Gasteiger partial charge in [0.05, 0.1) is 0 Å². The summed E-state index contributed by atoms with van der Waals surface area (Å²) in [5.41, 5.74) is 0. The van der Waals surface area contributed by atoms with Crippen molar-refractivity contribution in [2.75, 3.05) is 5.32 Å². The van der Waals surface area contributed by atoms with Gasteiger partial charge in [0.15, 0.2) is 0 Å². The molecule has 0 radical (unpaired) electrons. The lowest BCUT2D eigenvalue weighted by atomic mass is 10.1. The van der Waals surface area contributed by atoms with Gasteiger partial charge in [-0.25, -0.2) is 4.98 Å². The normalized spacial score (nSPS) is 11.2. The summed E-state index contributed by atoms with van der Waals surface area (Å²) >= 11 is 0. The van der Waals surface area contributed by atoms with E-state index in [1.54, 1.807) is 18.3 Å². The Labute approximate surface area is 121 Å². The lowest BCUT2D eigenvalue weighted by molar-refractivity contribution is -0.111. The third-order valence-electron chi connectivity index (χ3n) is 2.89. The summed E-state index contributed by atoms with van der Waals surface area (Å²) in [6.45, 7) is 2.22. The van der Waals surface area contributed by atoms with Gasteiger partial charge >= 0.3 is 0 Å². The predicted molar refractivity (Wildman–Crippen MR) is 84.5 cm³/mol. The van der Waals surface area contributed by atoms with Crippen LogP contribution in [0.2, 0.25) is 0 Å². The standard InChI is InChI=1S/C17H24N2O/c1-2-3-4-5-6-7-8-9-10-14-17(20)19-16-13-11-12-15-18-16/h8-15H,2-7H2,1H3,(H,18,19,20)/b9-8+,14-10+. The fourth-order valence-corrected chi connectivity index (χ4v) is 1.79. The van der Waals surface area contributed by atoms with E-state index in [-0.39, 0.29) is 5.91 Å². The van der Waals surface area contributed by atoms with Gasteiger partial charge in [-0.15, -0.1) is 0 Å². The molecule has 0 aliphatic rings. The highest BCUT2D eigenvalue weighted by atomic mass is 16.1. The van der Waals surface area contributed by atoms with Gasteiger partial charge in [0.25, 0.3) is 0 Å². The predicted octanol–water partition coefficient (Wildman–Crippen LogP) is 4.49. The number of carbonyl (C=O) groups is 1. The topological polar surface area (TPSA) is 42.0 Å². The minimum atomic E-state index is -0.156. The molecule has 1 aromatic heterocycles. The fourth-order valence-electron chi connectivity index (χ4n) is 1.79. The Balaban J connectivity index is 2.12. The largest absolute Gasteiger partial charge is 0.307 e. The maximum absolute atomic E-state index is 11.5. The van der Waals surface area contributed by atoms with E-state index in [1.165, 1.54) is 38.2 Å². The first-order valence-corrected chi connectivity index (χ1v) is 7.38. The molecule has 3 nitrogen and oxygen atoms in total. The molecule has 0 unspecified atom stereocenters. The van der Waals surface area contributed by atoms with Gasteiger partial charge in [-0.3, -0.25) is 4.79 Å². The first kappa shape index (κ1) is 16.2. The van der Waals surface area contributed by atoms with Gasteiger partial charge in [0.1, 0.15) is 5.82 Å². The van der Waals surface area contributed by atoms with Crippen LogP contribution in [0.4, 0.5) is 5.82 Å². The third-order valence-corrected chi connectivity index (χ3v) is 2.89. The van der Waals surface area contributed by atoms with Crippen LogP contribution in [-0.4, -0.2) is 10.9 Å². The van der Waals surface area contributed by atoms with Crippen molar-refractivity contribution in [1.82, 2.24) is 4.98 Å². The molecule has 0 aromatic carbocycles. The molecule has 0 saturated carbocycles. The maximum Gasteiger partial charge on any atom is 0.249 e. The number of hydrogen-bond donors (Lipinski definition) is 1. The molecule has 1 N–H and O–H groups in total. The van der Waals surface area contributed by atoms with Crippen molar-refractivity contribution in [1.29, 1.82) is 0 Å². The van der Waals surface area contributed by atoms with E-state index in [0.717, 1.165) is 6.42 Å². The Morgan fingerprint density at radius 3 is 2.80 bits per heavy atom. The second-order valence-electron chi connectivity index (χ2n) is 4.69. The minimum Gasteiger partial charge on any atom is -0.307 e. The van der Waals surface area contributed by atoms with Gasteiger partial charge < -0.3 is 5.32 Å². The summed E-state index contributed by atoms with van der Waals surface area (Å²) in [4.78, 5) is 15.6. The number of amides is 1. The monoisotopic (exact) mass is 272 g/mol. The lowest BCUT2D eigenvalue weighted by Crippen LogP contribution is -2.08. The van der Waals surface area contributed by atoms with Gasteiger partial charge in [-0.2, -0.15) is 0 Å². The highest BCUT2D eigenvalue weighted by molar-refractivity contribution is 5.98. The van der Waals surface area contributed by atoms with Gasteiger partial charge in [-0.05, 0) is 25.0 Å². The van der Waals surface area contributed by atoms with Crippen molar-refractivity contribution in [3.05, 3.63) is 48.7 Å². The molecule has 0 spiro atoms. The van der Waals surface area contributed by atoms with Crippen LogP contribution in [0.25, 0.3) is 0 Å². The number of allylic oxidation sites excluding steroid dienone is 3. The van der Waals surface area contributed by atoms with Crippen molar-refractivity contribution < 1.29 is 4.79 Å². The summed E-state index contributed by atoms with van der Waals surface area (Å²) in [6.07, 6.45) is 16.5. The van der Waals surface area contributed by atoms with Crippen LogP contribution >= 0.6 is 0 Å². The van der Waals surface area contributed by atoms with E-state index in [4.69, 9.17) is 0 Å². The van der Waals surface area contributed by atoms with Crippen LogP contribution < -0.4 is 5.32 Å². The Kier molecular flexibility index (Phi) is 8.86. The molecule has 0 atom stereocenters. The van der Waals surface area contributed by atoms with Crippen molar-refractivity contribution in [2.45, 2.75) is 45.4 Å². The van der Waals surface area contributed by atoms with E-state index in [0.29, 0.717) is 5.82 Å². The zero-order valence-corrected chi connectivity index (χ0v) is 12.2. The van der Waals surface area contributed by atoms with Crippen LogP contribution in [0.5, 0.6) is 0 Å². The second kappa shape index (κ2) is 11.0. The van der Waals surface area contributed by atoms with Crippen LogP contribution in [-0.2, 0) is 4.79 Å². The Hall–Kier alpha value is -1.90. The summed E-state index contributed by atoms with van der Waals surface area (Å²) in [7, 11) is 0. The van der Waals surface area contributed by atoms with Crippen molar-refractivity contribution in [3.8, 4) is 0 Å². The lowest BCUT2D eigenvalue weighted by Gasteiger charge is -1.98. The van der Waals surface area contributed by atoms with Crippen molar-refractivity contribution in [3.63, 3.8) is 0 Å².